The van der Waals surface area contributed by atoms with Crippen molar-refractivity contribution >= 4 is 17.1 Å². The SMILES string of the molecule is C/C=C/C(=O)c1nc(C)c(C)s1. The molecule has 0 saturated heterocycles. The maximum atomic E-state index is 11.3. The fourth-order valence-electron chi connectivity index (χ4n) is 0.801. The van der Waals surface area contributed by atoms with Crippen molar-refractivity contribution in [3.8, 4) is 0 Å². The molecule has 64 valence electrons. The summed E-state index contributed by atoms with van der Waals surface area (Å²) in [5, 5.41) is 0.586. The minimum atomic E-state index is -0.00120. The zero-order valence-electron chi connectivity index (χ0n) is 7.42. The Hall–Kier alpha value is -0.960. The van der Waals surface area contributed by atoms with Crippen LogP contribution in [0.1, 0.15) is 27.3 Å². The topological polar surface area (TPSA) is 30.0 Å². The number of aromatic nitrogens is 1. The molecule has 0 unspecified atom stereocenters. The van der Waals surface area contributed by atoms with Crippen LogP contribution in [0.4, 0.5) is 0 Å². The highest BCUT2D eigenvalue weighted by molar-refractivity contribution is 7.13. The maximum absolute atomic E-state index is 11.3. The molecule has 0 N–H and O–H groups in total. The Kier molecular flexibility index (Phi) is 2.76. The molecule has 0 aliphatic heterocycles. The van der Waals surface area contributed by atoms with Gasteiger partial charge in [0, 0.05) is 4.88 Å². The Labute approximate surface area is 76.0 Å². The van der Waals surface area contributed by atoms with E-state index in [1.807, 2.05) is 20.8 Å². The summed E-state index contributed by atoms with van der Waals surface area (Å²) in [6.45, 7) is 5.71. The molecule has 1 aromatic heterocycles. The third-order valence-electron chi connectivity index (χ3n) is 1.56. The summed E-state index contributed by atoms with van der Waals surface area (Å²) in [4.78, 5) is 16.5. The smallest absolute Gasteiger partial charge is 0.214 e. The molecule has 2 nitrogen and oxygen atoms in total. The number of carbonyl (C=O) groups excluding carboxylic acids is 1. The molecule has 0 radical (unpaired) electrons. The summed E-state index contributed by atoms with van der Waals surface area (Å²) in [6.07, 6.45) is 3.27. The zero-order valence-corrected chi connectivity index (χ0v) is 8.23. The lowest BCUT2D eigenvalue weighted by Crippen LogP contribution is -1.92. The first-order chi connectivity index (χ1) is 5.65. The average Bonchev–Trinajstić information content (AvgIpc) is 2.33. The molecule has 0 bridgehead atoms. The summed E-state index contributed by atoms with van der Waals surface area (Å²) in [6, 6.07) is 0. The van der Waals surface area contributed by atoms with E-state index in [0.29, 0.717) is 5.01 Å². The van der Waals surface area contributed by atoms with Crippen LogP contribution in [0.3, 0.4) is 0 Å². The van der Waals surface area contributed by atoms with Crippen LogP contribution in [0.15, 0.2) is 12.2 Å². The highest BCUT2D eigenvalue weighted by atomic mass is 32.1. The largest absolute Gasteiger partial charge is 0.287 e. The molecule has 1 aromatic rings. The van der Waals surface area contributed by atoms with E-state index in [2.05, 4.69) is 4.98 Å². The van der Waals surface area contributed by atoms with Gasteiger partial charge in [0.05, 0.1) is 5.69 Å². The van der Waals surface area contributed by atoms with Gasteiger partial charge in [0.2, 0.25) is 5.78 Å². The Bertz CT molecular complexity index is 306. The molecule has 0 spiro atoms. The Morgan fingerprint density at radius 3 is 2.58 bits per heavy atom. The number of ketones is 1. The van der Waals surface area contributed by atoms with Crippen LogP contribution in [0, 0.1) is 13.8 Å². The summed E-state index contributed by atoms with van der Waals surface area (Å²) >= 11 is 1.45. The molecule has 0 amide bonds. The van der Waals surface area contributed by atoms with E-state index in [0.717, 1.165) is 10.6 Å². The molecule has 0 aromatic carbocycles. The second kappa shape index (κ2) is 3.63. The van der Waals surface area contributed by atoms with Crippen molar-refractivity contribution in [1.29, 1.82) is 0 Å². The van der Waals surface area contributed by atoms with Gasteiger partial charge in [-0.1, -0.05) is 6.08 Å². The number of allylic oxidation sites excluding steroid dienone is 2. The first kappa shape index (κ1) is 9.13. The lowest BCUT2D eigenvalue weighted by molar-refractivity contribution is 0.104. The van der Waals surface area contributed by atoms with Crippen LogP contribution in [0.2, 0.25) is 0 Å². The molecule has 12 heavy (non-hydrogen) atoms. The normalized spacial score (nSPS) is 10.9. The van der Waals surface area contributed by atoms with Crippen LogP contribution in [0.25, 0.3) is 0 Å². The van der Waals surface area contributed by atoms with Crippen LogP contribution < -0.4 is 0 Å². The fourth-order valence-corrected chi connectivity index (χ4v) is 1.64. The molecule has 0 aliphatic carbocycles. The minimum absolute atomic E-state index is 0.00120. The Morgan fingerprint density at radius 1 is 1.50 bits per heavy atom. The van der Waals surface area contributed by atoms with Crippen LogP contribution in [0.5, 0.6) is 0 Å². The van der Waals surface area contributed by atoms with E-state index in [9.17, 15) is 4.79 Å². The van der Waals surface area contributed by atoms with Crippen molar-refractivity contribution in [3.63, 3.8) is 0 Å². The van der Waals surface area contributed by atoms with Gasteiger partial charge in [-0.25, -0.2) is 4.98 Å². The molecular formula is C9H11NOS. The van der Waals surface area contributed by atoms with Gasteiger partial charge in [0.15, 0.2) is 5.01 Å². The fraction of sp³-hybridized carbons (Fsp3) is 0.333. The third-order valence-corrected chi connectivity index (χ3v) is 2.64. The minimum Gasteiger partial charge on any atom is -0.287 e. The summed E-state index contributed by atoms with van der Waals surface area (Å²) in [5.74, 6) is -0.00120. The van der Waals surface area contributed by atoms with E-state index in [4.69, 9.17) is 0 Å². The van der Waals surface area contributed by atoms with Gasteiger partial charge in [0.25, 0.3) is 0 Å². The third kappa shape index (κ3) is 1.80. The van der Waals surface area contributed by atoms with Crippen LogP contribution in [-0.2, 0) is 0 Å². The number of aryl methyl sites for hydroxylation is 2. The highest BCUT2D eigenvalue weighted by Gasteiger charge is 2.08. The zero-order chi connectivity index (χ0) is 9.14. The van der Waals surface area contributed by atoms with Gasteiger partial charge < -0.3 is 0 Å². The van der Waals surface area contributed by atoms with Crippen molar-refractivity contribution < 1.29 is 4.79 Å². The van der Waals surface area contributed by atoms with Crippen LogP contribution >= 0.6 is 11.3 Å². The quantitative estimate of drug-likeness (QED) is 0.518. The highest BCUT2D eigenvalue weighted by Crippen LogP contribution is 2.16. The van der Waals surface area contributed by atoms with E-state index >= 15 is 0 Å². The molecule has 3 heteroatoms. The van der Waals surface area contributed by atoms with E-state index in [-0.39, 0.29) is 5.78 Å². The Balaban J connectivity index is 2.96. The van der Waals surface area contributed by atoms with Crippen molar-refractivity contribution in [3.05, 3.63) is 27.7 Å². The standard InChI is InChI=1S/C9H11NOS/c1-4-5-8(11)9-10-6(2)7(3)12-9/h4-5H,1-3H3/b5-4+. The second-order valence-electron chi connectivity index (χ2n) is 2.52. The Morgan fingerprint density at radius 2 is 2.17 bits per heavy atom. The molecule has 0 saturated carbocycles. The number of nitrogens with zero attached hydrogens (tertiary/aromatic N) is 1. The second-order valence-corrected chi connectivity index (χ2v) is 3.73. The molecular weight excluding hydrogens is 170 g/mol. The number of carbonyl (C=O) groups is 1. The van der Waals surface area contributed by atoms with Crippen molar-refractivity contribution in [1.82, 2.24) is 4.98 Å². The predicted octanol–water partition coefficient (Wildman–Crippen LogP) is 2.52. The van der Waals surface area contributed by atoms with Crippen LogP contribution in [-0.4, -0.2) is 10.8 Å². The lowest BCUT2D eigenvalue weighted by atomic mass is 10.3. The van der Waals surface area contributed by atoms with Gasteiger partial charge >= 0.3 is 0 Å². The van der Waals surface area contributed by atoms with Crippen molar-refractivity contribution in [2.75, 3.05) is 0 Å². The summed E-state index contributed by atoms with van der Waals surface area (Å²) < 4.78 is 0. The summed E-state index contributed by atoms with van der Waals surface area (Å²) in [7, 11) is 0. The molecule has 0 atom stereocenters. The van der Waals surface area contributed by atoms with E-state index in [1.165, 1.54) is 17.4 Å². The number of hydrogen-bond acceptors (Lipinski definition) is 3. The molecule has 0 aliphatic rings. The molecule has 1 heterocycles. The lowest BCUT2D eigenvalue weighted by Gasteiger charge is -1.83. The molecule has 0 fully saturated rings. The molecule has 1 rings (SSSR count). The first-order valence-corrected chi connectivity index (χ1v) is 4.58. The summed E-state index contributed by atoms with van der Waals surface area (Å²) in [5.41, 5.74) is 0.952. The van der Waals surface area contributed by atoms with Gasteiger partial charge in [-0.15, -0.1) is 11.3 Å². The number of thiazole rings is 1. The van der Waals surface area contributed by atoms with Gasteiger partial charge in [-0.2, -0.15) is 0 Å². The van der Waals surface area contributed by atoms with Gasteiger partial charge in [-0.05, 0) is 26.8 Å². The maximum Gasteiger partial charge on any atom is 0.214 e. The van der Waals surface area contributed by atoms with Crippen molar-refractivity contribution in [2.45, 2.75) is 20.8 Å². The van der Waals surface area contributed by atoms with Crippen molar-refractivity contribution in [2.24, 2.45) is 0 Å². The van der Waals surface area contributed by atoms with E-state index < -0.39 is 0 Å². The van der Waals surface area contributed by atoms with E-state index in [1.54, 1.807) is 6.08 Å². The monoisotopic (exact) mass is 181 g/mol. The van der Waals surface area contributed by atoms with Gasteiger partial charge in [0.1, 0.15) is 0 Å². The average molecular weight is 181 g/mol. The predicted molar refractivity (Wildman–Crippen MR) is 50.7 cm³/mol. The number of hydrogen-bond donors (Lipinski definition) is 0. The number of rotatable bonds is 2. The van der Waals surface area contributed by atoms with Gasteiger partial charge in [-0.3, -0.25) is 4.79 Å². The first-order valence-electron chi connectivity index (χ1n) is 3.76.